The molecule has 9 nitrogen and oxygen atoms in total. The maximum absolute atomic E-state index is 16.7. The number of aliphatic hydroxyl groups excluding tert-OH is 1. The molecule has 226 valence electrons. The number of imidazole rings is 1. The number of pyridine rings is 1. The van der Waals surface area contributed by atoms with Crippen molar-refractivity contribution in [2.75, 3.05) is 13.1 Å². The summed E-state index contributed by atoms with van der Waals surface area (Å²) in [6.07, 6.45) is 1.31. The van der Waals surface area contributed by atoms with Gasteiger partial charge in [-0.1, -0.05) is 41.9 Å². The average molecular weight is 620 g/mol. The van der Waals surface area contributed by atoms with Crippen LogP contribution in [0.2, 0.25) is 5.02 Å². The van der Waals surface area contributed by atoms with Crippen molar-refractivity contribution in [1.82, 2.24) is 19.6 Å². The van der Waals surface area contributed by atoms with Crippen molar-refractivity contribution in [3.63, 3.8) is 0 Å². The molecule has 2 aliphatic rings. The molecule has 2 aromatic carbocycles. The van der Waals surface area contributed by atoms with Crippen LogP contribution in [0.5, 0.6) is 0 Å². The highest BCUT2D eigenvalue weighted by molar-refractivity contribution is 6.30. The smallest absolute Gasteiger partial charge is 0.281 e. The Morgan fingerprint density at radius 3 is 2.66 bits per heavy atom. The molecule has 11 heteroatoms. The van der Waals surface area contributed by atoms with Crippen LogP contribution >= 0.6 is 11.6 Å². The first kappa shape index (κ1) is 25.2. The summed E-state index contributed by atoms with van der Waals surface area (Å²) in [5.74, 6) is -1.48. The summed E-state index contributed by atoms with van der Waals surface area (Å²) in [7, 11) is 1.77. The zero-order valence-corrected chi connectivity index (χ0v) is 24.4. The lowest BCUT2D eigenvalue weighted by molar-refractivity contribution is -0.222. The molecular weight excluding hydrogens is 585 g/mol. The Bertz CT molecular complexity index is 1930. The van der Waals surface area contributed by atoms with Gasteiger partial charge in [-0.05, 0) is 54.7 Å². The van der Waals surface area contributed by atoms with E-state index in [2.05, 4.69) is 9.97 Å². The second-order valence-corrected chi connectivity index (χ2v) is 11.5. The first-order valence-corrected chi connectivity index (χ1v) is 14.4. The van der Waals surface area contributed by atoms with Gasteiger partial charge in [0.1, 0.15) is 28.9 Å². The topological polar surface area (TPSA) is 124 Å². The van der Waals surface area contributed by atoms with Crippen LogP contribution in [0.1, 0.15) is 57.9 Å². The van der Waals surface area contributed by atoms with Crippen LogP contribution < -0.4 is 0 Å². The van der Waals surface area contributed by atoms with E-state index in [0.717, 1.165) is 0 Å². The fourth-order valence-electron chi connectivity index (χ4n) is 5.67. The van der Waals surface area contributed by atoms with Crippen molar-refractivity contribution in [2.45, 2.75) is 43.7 Å². The third-order valence-electron chi connectivity index (χ3n) is 8.31. The molecule has 44 heavy (non-hydrogen) atoms. The largest absolute Gasteiger partial charge is 0.396 e. The number of rotatable bonds is 11. The zero-order valence-electron chi connectivity index (χ0n) is 27.7. The number of fused-ring (bicyclic) bond motifs is 1. The molecule has 1 unspecified atom stereocenters. The van der Waals surface area contributed by atoms with E-state index >= 15 is 4.39 Å². The Morgan fingerprint density at radius 2 is 2.00 bits per heavy atom. The fraction of sp³-hybridized carbons (Fsp3) is 0.333. The van der Waals surface area contributed by atoms with Gasteiger partial charge in [-0.3, -0.25) is 9.63 Å². The van der Waals surface area contributed by atoms with E-state index in [0.29, 0.717) is 21.5 Å². The third-order valence-corrected chi connectivity index (χ3v) is 8.56. The number of carbonyl (C=O) groups is 1. The SMILES string of the molecule is [2H]C([2H])(O)C1(C([2H])([2H])ON2C(=O)c3c(ccc(-c4ccc(Cl)cc4)c3F)[C@]2(Cc2cccc(C#N)n2)C(O)CCc2nccn2C)CC1. The number of hydroxylamine groups is 2. The molecule has 1 saturated carbocycles. The number of hydrogen-bond acceptors (Lipinski definition) is 7. The molecule has 6 rings (SSSR count). The standard InChI is InChI=1S/C33H31ClFN5O4/c1-39-16-15-37-28(39)12-11-27(42)33(17-23-3-2-4-24(18-36)38-23)26-10-9-25(21-5-7-22(34)8-6-21)30(35)29(26)31(43)40(33)44-20-32(19-41)13-14-32/h2-10,15-16,27,41-42H,11-14,17,19-20H2,1H3/t27?,33-/m1/s1/i19D2,20D2. The van der Waals surface area contributed by atoms with Gasteiger partial charge >= 0.3 is 0 Å². The van der Waals surface area contributed by atoms with E-state index in [9.17, 15) is 20.3 Å². The van der Waals surface area contributed by atoms with E-state index < -0.39 is 47.5 Å². The molecule has 1 amide bonds. The van der Waals surface area contributed by atoms with Crippen molar-refractivity contribution in [1.29, 1.82) is 5.26 Å². The average Bonchev–Trinajstić information content (AvgIpc) is 3.75. The highest BCUT2D eigenvalue weighted by Gasteiger charge is 2.58. The van der Waals surface area contributed by atoms with Gasteiger partial charge < -0.3 is 14.8 Å². The quantitative estimate of drug-likeness (QED) is 0.249. The number of aryl methyl sites for hydroxylation is 2. The highest BCUT2D eigenvalue weighted by atomic mass is 35.5. The number of hydrogen-bond donors (Lipinski definition) is 2. The van der Waals surface area contributed by atoms with Crippen LogP contribution in [0.3, 0.4) is 0 Å². The minimum Gasteiger partial charge on any atom is -0.396 e. The van der Waals surface area contributed by atoms with Crippen molar-refractivity contribution < 1.29 is 29.7 Å². The van der Waals surface area contributed by atoms with Gasteiger partial charge in [0.25, 0.3) is 5.91 Å². The molecule has 2 N–H and O–H groups in total. The molecule has 0 spiro atoms. The molecule has 3 heterocycles. The number of nitrogens with zero attached hydrogens (tertiary/aromatic N) is 5. The lowest BCUT2D eigenvalue weighted by Gasteiger charge is -2.42. The van der Waals surface area contributed by atoms with E-state index in [1.54, 1.807) is 60.4 Å². The lowest BCUT2D eigenvalue weighted by atomic mass is 9.78. The second kappa shape index (κ2) is 11.7. The Balaban J connectivity index is 1.56. The molecule has 2 aromatic heterocycles. The van der Waals surface area contributed by atoms with Crippen LogP contribution in [-0.2, 0) is 30.3 Å². The third kappa shape index (κ3) is 5.26. The number of halogens is 2. The predicted octanol–water partition coefficient (Wildman–Crippen LogP) is 4.74. The molecule has 0 radical (unpaired) electrons. The van der Waals surface area contributed by atoms with E-state index in [1.807, 2.05) is 6.07 Å². The summed E-state index contributed by atoms with van der Waals surface area (Å²) in [6.45, 7) is -6.05. The van der Waals surface area contributed by atoms with Gasteiger partial charge in [0.05, 0.1) is 30.3 Å². The summed E-state index contributed by atoms with van der Waals surface area (Å²) >= 11 is 6.05. The van der Waals surface area contributed by atoms with Gasteiger partial charge in [0, 0.05) is 54.0 Å². The summed E-state index contributed by atoms with van der Waals surface area (Å²) in [5, 5.41) is 33.1. The second-order valence-electron chi connectivity index (χ2n) is 11.1. The van der Waals surface area contributed by atoms with Gasteiger partial charge in [0.2, 0.25) is 0 Å². The maximum Gasteiger partial charge on any atom is 0.281 e. The molecule has 2 atom stereocenters. The summed E-state index contributed by atoms with van der Waals surface area (Å²) in [6, 6.07) is 15.7. The van der Waals surface area contributed by atoms with Gasteiger partial charge in [-0.25, -0.2) is 19.4 Å². The number of carbonyl (C=O) groups excluding carboxylic acids is 1. The highest BCUT2D eigenvalue weighted by Crippen LogP contribution is 2.50. The number of nitriles is 1. The van der Waals surface area contributed by atoms with Crippen molar-refractivity contribution >= 4 is 17.5 Å². The Hall–Kier alpha value is -4.14. The van der Waals surface area contributed by atoms with Gasteiger partial charge in [-0.2, -0.15) is 5.26 Å². The zero-order chi connectivity index (χ0) is 34.6. The van der Waals surface area contributed by atoms with Crippen LogP contribution in [0.15, 0.2) is 67.0 Å². The first-order valence-electron chi connectivity index (χ1n) is 16.0. The molecule has 1 aliphatic carbocycles. The number of aliphatic hydroxyl groups is 2. The molecular formula is C33H31ClFN5O4. The molecule has 1 fully saturated rings. The van der Waals surface area contributed by atoms with Crippen molar-refractivity contribution in [2.24, 2.45) is 12.5 Å². The Kier molecular flexibility index (Phi) is 6.73. The minimum atomic E-state index is -3.04. The minimum absolute atomic E-state index is 0.0214. The van der Waals surface area contributed by atoms with E-state index in [4.69, 9.17) is 21.9 Å². The molecule has 0 bridgehead atoms. The summed E-state index contributed by atoms with van der Waals surface area (Å²) < 4.78 is 52.1. The van der Waals surface area contributed by atoms with Crippen LogP contribution in [0.4, 0.5) is 4.39 Å². The first-order chi connectivity index (χ1) is 22.6. The van der Waals surface area contributed by atoms with Gasteiger partial charge in [-0.15, -0.1) is 0 Å². The normalized spacial score (nSPS) is 21.1. The molecule has 4 aromatic rings. The monoisotopic (exact) mass is 619 g/mol. The maximum atomic E-state index is 16.7. The van der Waals surface area contributed by atoms with Crippen molar-refractivity contribution in [3.05, 3.63) is 106 Å². The molecule has 0 saturated heterocycles. The van der Waals surface area contributed by atoms with Crippen LogP contribution in [0.25, 0.3) is 11.1 Å². The predicted molar refractivity (Wildman–Crippen MR) is 160 cm³/mol. The fourth-order valence-corrected chi connectivity index (χ4v) is 5.79. The summed E-state index contributed by atoms with van der Waals surface area (Å²) in [4.78, 5) is 29.0. The van der Waals surface area contributed by atoms with E-state index in [1.165, 1.54) is 18.2 Å². The van der Waals surface area contributed by atoms with Gasteiger partial charge in [0.15, 0.2) is 0 Å². The number of benzene rings is 2. The van der Waals surface area contributed by atoms with E-state index in [-0.39, 0.29) is 54.6 Å². The summed E-state index contributed by atoms with van der Waals surface area (Å²) in [5.41, 5.74) is -3.91. The Morgan fingerprint density at radius 1 is 1.23 bits per heavy atom. The van der Waals surface area contributed by atoms with Crippen molar-refractivity contribution in [3.8, 4) is 17.2 Å². The molecule has 1 aliphatic heterocycles. The number of amides is 1. The van der Waals surface area contributed by atoms with Crippen LogP contribution in [-0.4, -0.2) is 54.9 Å². The lowest BCUT2D eigenvalue weighted by Crippen LogP contribution is -2.54. The number of aromatic nitrogens is 3. The Labute approximate surface area is 264 Å². The van der Waals surface area contributed by atoms with Crippen LogP contribution in [0, 0.1) is 22.6 Å².